The third kappa shape index (κ3) is 3.85. The van der Waals surface area contributed by atoms with Gasteiger partial charge in [-0.1, -0.05) is 33.6 Å². The molecule has 0 aliphatic heterocycles. The third-order valence-corrected chi connectivity index (χ3v) is 5.44. The van der Waals surface area contributed by atoms with E-state index in [1.165, 1.54) is 36.4 Å². The molecule has 1 N–H and O–H groups in total. The fourth-order valence-corrected chi connectivity index (χ4v) is 4.40. The number of thiazole rings is 1. The first-order valence-electron chi connectivity index (χ1n) is 8.17. The van der Waals surface area contributed by atoms with Crippen LogP contribution in [0, 0.1) is 0 Å². The number of hydrogen-bond donors (Lipinski definition) is 1. The molecule has 4 heteroatoms. The minimum Gasteiger partial charge on any atom is -0.374 e. The quantitative estimate of drug-likeness (QED) is 0.864. The van der Waals surface area contributed by atoms with E-state index >= 15 is 0 Å². The van der Waals surface area contributed by atoms with Crippen molar-refractivity contribution in [1.29, 1.82) is 0 Å². The molecule has 1 atom stereocenters. The summed E-state index contributed by atoms with van der Waals surface area (Å²) in [7, 11) is 2.06. The number of likely N-dealkylation sites (N-methyl/N-ethyl adjacent to an activating group) is 1. The Balaban J connectivity index is 2.13. The van der Waals surface area contributed by atoms with E-state index < -0.39 is 0 Å². The lowest BCUT2D eigenvalue weighted by Gasteiger charge is -2.37. The highest BCUT2D eigenvalue weighted by atomic mass is 32.1. The molecule has 120 valence electrons. The van der Waals surface area contributed by atoms with Gasteiger partial charge in [0.15, 0.2) is 0 Å². The number of aromatic nitrogens is 1. The highest BCUT2D eigenvalue weighted by Gasteiger charge is 2.41. The largest absolute Gasteiger partial charge is 0.374 e. The highest BCUT2D eigenvalue weighted by molar-refractivity contribution is 7.09. The summed E-state index contributed by atoms with van der Waals surface area (Å²) >= 11 is 1.79. The van der Waals surface area contributed by atoms with Gasteiger partial charge in [-0.05, 0) is 26.8 Å². The molecule has 0 amide bonds. The Bertz CT molecular complexity index is 444. The molecule has 1 unspecified atom stereocenters. The standard InChI is InChI=1S/C17H30N2OS/c1-6-20-17(9-7-8-10-17)13(18-5)11-15-19-14(12-21-15)16(2,3)4/h12-13,18H,6-11H2,1-5H3. The first-order chi connectivity index (χ1) is 9.91. The molecule has 0 radical (unpaired) electrons. The Kier molecular flexibility index (Phi) is 5.44. The number of nitrogens with zero attached hydrogens (tertiary/aromatic N) is 1. The second-order valence-electron chi connectivity index (χ2n) is 7.13. The number of ether oxygens (including phenoxy) is 1. The van der Waals surface area contributed by atoms with Gasteiger partial charge < -0.3 is 10.1 Å². The van der Waals surface area contributed by atoms with Crippen LogP contribution < -0.4 is 5.32 Å². The van der Waals surface area contributed by atoms with Crippen molar-refractivity contribution in [2.75, 3.05) is 13.7 Å². The van der Waals surface area contributed by atoms with Gasteiger partial charge in [0.2, 0.25) is 0 Å². The number of nitrogens with one attached hydrogen (secondary N) is 1. The second kappa shape index (κ2) is 6.76. The van der Waals surface area contributed by atoms with Crippen molar-refractivity contribution >= 4 is 11.3 Å². The molecule has 1 aromatic heterocycles. The maximum Gasteiger partial charge on any atom is 0.0945 e. The van der Waals surface area contributed by atoms with Crippen LogP contribution >= 0.6 is 11.3 Å². The fourth-order valence-electron chi connectivity index (χ4n) is 3.33. The van der Waals surface area contributed by atoms with Gasteiger partial charge in [0.05, 0.1) is 16.3 Å². The zero-order valence-corrected chi connectivity index (χ0v) is 15.0. The maximum absolute atomic E-state index is 6.20. The molecule has 0 spiro atoms. The molecule has 1 aliphatic rings. The average molecular weight is 311 g/mol. The third-order valence-electron chi connectivity index (χ3n) is 4.56. The van der Waals surface area contributed by atoms with Crippen LogP contribution in [0.2, 0.25) is 0 Å². The van der Waals surface area contributed by atoms with Crippen molar-refractivity contribution in [3.05, 3.63) is 16.1 Å². The smallest absolute Gasteiger partial charge is 0.0945 e. The van der Waals surface area contributed by atoms with E-state index in [9.17, 15) is 0 Å². The molecule has 21 heavy (non-hydrogen) atoms. The minimum absolute atomic E-state index is 0.0110. The summed E-state index contributed by atoms with van der Waals surface area (Å²) in [4.78, 5) is 4.85. The van der Waals surface area contributed by atoms with E-state index in [1.807, 2.05) is 0 Å². The molecular weight excluding hydrogens is 280 g/mol. The minimum atomic E-state index is 0.0110. The summed E-state index contributed by atoms with van der Waals surface area (Å²) in [5.41, 5.74) is 1.35. The van der Waals surface area contributed by atoms with Crippen molar-refractivity contribution in [3.63, 3.8) is 0 Å². The average Bonchev–Trinajstić information content (AvgIpc) is 3.05. The zero-order valence-electron chi connectivity index (χ0n) is 14.2. The van der Waals surface area contributed by atoms with Crippen LogP contribution in [0.1, 0.15) is 64.1 Å². The predicted molar refractivity (Wildman–Crippen MR) is 90.2 cm³/mol. The van der Waals surface area contributed by atoms with Crippen molar-refractivity contribution < 1.29 is 4.74 Å². The van der Waals surface area contributed by atoms with Gasteiger partial charge in [0.25, 0.3) is 0 Å². The summed E-state index contributed by atoms with van der Waals surface area (Å²) in [5, 5.41) is 6.95. The highest BCUT2D eigenvalue weighted by Crippen LogP contribution is 2.37. The van der Waals surface area contributed by atoms with Gasteiger partial charge in [0, 0.05) is 29.9 Å². The summed E-state index contributed by atoms with van der Waals surface area (Å²) < 4.78 is 6.20. The molecular formula is C17H30N2OS. The SMILES string of the molecule is CCOC1(C(Cc2nc(C(C)(C)C)cs2)NC)CCCC1. The van der Waals surface area contributed by atoms with Crippen LogP contribution in [-0.4, -0.2) is 30.3 Å². The lowest BCUT2D eigenvalue weighted by atomic mass is 9.89. The Morgan fingerprint density at radius 2 is 2.05 bits per heavy atom. The summed E-state index contributed by atoms with van der Waals surface area (Å²) in [6.07, 6.45) is 5.87. The van der Waals surface area contributed by atoms with Crippen LogP contribution in [0.4, 0.5) is 0 Å². The Labute approximate surface area is 133 Å². The summed E-state index contributed by atoms with van der Waals surface area (Å²) in [6.45, 7) is 9.57. The Morgan fingerprint density at radius 1 is 1.38 bits per heavy atom. The van der Waals surface area contributed by atoms with Gasteiger partial charge in [-0.25, -0.2) is 4.98 Å². The molecule has 1 fully saturated rings. The topological polar surface area (TPSA) is 34.1 Å². The summed E-state index contributed by atoms with van der Waals surface area (Å²) in [5.74, 6) is 0. The van der Waals surface area contributed by atoms with E-state index in [4.69, 9.17) is 9.72 Å². The van der Waals surface area contributed by atoms with Crippen LogP contribution in [0.3, 0.4) is 0 Å². The van der Waals surface area contributed by atoms with Gasteiger partial charge in [0.1, 0.15) is 0 Å². The van der Waals surface area contributed by atoms with Crippen LogP contribution in [0.15, 0.2) is 5.38 Å². The molecule has 1 saturated carbocycles. The first kappa shape index (κ1) is 16.9. The number of hydrogen-bond acceptors (Lipinski definition) is 4. The van der Waals surface area contributed by atoms with E-state index in [0.717, 1.165) is 13.0 Å². The normalized spacial score (nSPS) is 19.9. The molecule has 2 rings (SSSR count). The maximum atomic E-state index is 6.20. The molecule has 3 nitrogen and oxygen atoms in total. The molecule has 1 aromatic rings. The van der Waals surface area contributed by atoms with Crippen molar-refractivity contribution in [2.24, 2.45) is 0 Å². The van der Waals surface area contributed by atoms with Crippen molar-refractivity contribution in [2.45, 2.75) is 76.9 Å². The molecule has 0 saturated heterocycles. The number of rotatable bonds is 6. The molecule has 1 aliphatic carbocycles. The van der Waals surface area contributed by atoms with Crippen LogP contribution in [-0.2, 0) is 16.6 Å². The van der Waals surface area contributed by atoms with Gasteiger partial charge in [-0.2, -0.15) is 0 Å². The van der Waals surface area contributed by atoms with E-state index in [0.29, 0.717) is 6.04 Å². The van der Waals surface area contributed by atoms with E-state index in [2.05, 4.69) is 45.4 Å². The summed E-state index contributed by atoms with van der Waals surface area (Å²) in [6, 6.07) is 0.360. The van der Waals surface area contributed by atoms with Crippen LogP contribution in [0.25, 0.3) is 0 Å². The lowest BCUT2D eigenvalue weighted by Crippen LogP contribution is -2.51. The Morgan fingerprint density at radius 3 is 2.52 bits per heavy atom. The fraction of sp³-hybridized carbons (Fsp3) is 0.824. The monoisotopic (exact) mass is 310 g/mol. The predicted octanol–water partition coefficient (Wildman–Crippen LogP) is 3.92. The van der Waals surface area contributed by atoms with Gasteiger partial charge in [-0.15, -0.1) is 11.3 Å². The second-order valence-corrected chi connectivity index (χ2v) is 8.07. The first-order valence-corrected chi connectivity index (χ1v) is 9.05. The van der Waals surface area contributed by atoms with Gasteiger partial charge >= 0.3 is 0 Å². The lowest BCUT2D eigenvalue weighted by molar-refractivity contribution is -0.0597. The molecule has 0 aromatic carbocycles. The van der Waals surface area contributed by atoms with Crippen molar-refractivity contribution in [3.8, 4) is 0 Å². The van der Waals surface area contributed by atoms with E-state index in [-0.39, 0.29) is 11.0 Å². The van der Waals surface area contributed by atoms with Crippen LogP contribution in [0.5, 0.6) is 0 Å². The van der Waals surface area contributed by atoms with E-state index in [1.54, 1.807) is 11.3 Å². The zero-order chi connectivity index (χ0) is 15.5. The van der Waals surface area contributed by atoms with Crippen molar-refractivity contribution in [1.82, 2.24) is 10.3 Å². The van der Waals surface area contributed by atoms with Gasteiger partial charge in [-0.3, -0.25) is 0 Å². The molecule has 1 heterocycles. The molecule has 0 bridgehead atoms. The Hall–Kier alpha value is -0.450.